The van der Waals surface area contributed by atoms with E-state index in [2.05, 4.69) is 58.6 Å². The molecule has 2 aromatic heterocycles. The van der Waals surface area contributed by atoms with Crippen molar-refractivity contribution in [1.29, 1.82) is 0 Å². The van der Waals surface area contributed by atoms with Gasteiger partial charge in [0.05, 0.1) is 19.0 Å². The summed E-state index contributed by atoms with van der Waals surface area (Å²) in [7, 11) is 0. The molecule has 0 fully saturated rings. The molecule has 1 aromatic carbocycles. The van der Waals surface area contributed by atoms with Crippen LogP contribution in [0.25, 0.3) is 0 Å². The molecule has 5 nitrogen and oxygen atoms in total. The van der Waals surface area contributed by atoms with Crippen molar-refractivity contribution < 1.29 is 14.3 Å². The number of hydrogen-bond acceptors (Lipinski definition) is 4. The molecule has 0 aliphatic heterocycles. The highest BCUT2D eigenvalue weighted by Gasteiger charge is 2.14. The second-order valence-electron chi connectivity index (χ2n) is 6.84. The molecule has 28 heavy (non-hydrogen) atoms. The Bertz CT molecular complexity index is 812. The topological polar surface area (TPSA) is 50.8 Å². The summed E-state index contributed by atoms with van der Waals surface area (Å²) in [6, 6.07) is 18.3. The molecule has 0 unspecified atom stereocenters. The highest BCUT2D eigenvalue weighted by molar-refractivity contribution is 5.17. The first-order chi connectivity index (χ1) is 13.7. The predicted octanol–water partition coefficient (Wildman–Crippen LogP) is 3.70. The van der Waals surface area contributed by atoms with Gasteiger partial charge in [0.2, 0.25) is 0 Å². The summed E-state index contributed by atoms with van der Waals surface area (Å²) in [6.45, 7) is 7.26. The Morgan fingerprint density at radius 3 is 2.75 bits per heavy atom. The number of rotatable bonds is 12. The van der Waals surface area contributed by atoms with Crippen LogP contribution in [0.4, 0.5) is 0 Å². The van der Waals surface area contributed by atoms with Gasteiger partial charge in [0, 0.05) is 38.1 Å². The van der Waals surface area contributed by atoms with E-state index in [0.29, 0.717) is 19.7 Å². The van der Waals surface area contributed by atoms with Crippen molar-refractivity contribution in [2.24, 2.45) is 0 Å². The van der Waals surface area contributed by atoms with Crippen LogP contribution in [-0.4, -0.2) is 40.4 Å². The number of ether oxygens (including phenoxy) is 1. The number of hydrogen-bond donors (Lipinski definition) is 1. The molecule has 5 heteroatoms. The first-order valence-corrected chi connectivity index (χ1v) is 9.54. The van der Waals surface area contributed by atoms with Gasteiger partial charge in [-0.05, 0) is 29.8 Å². The average molecular weight is 380 g/mol. The van der Waals surface area contributed by atoms with Gasteiger partial charge in [-0.2, -0.15) is 0 Å². The lowest BCUT2D eigenvalue weighted by Crippen LogP contribution is -2.35. The molecule has 0 saturated heterocycles. The van der Waals surface area contributed by atoms with E-state index in [1.54, 1.807) is 6.26 Å². The highest BCUT2D eigenvalue weighted by Crippen LogP contribution is 2.11. The van der Waals surface area contributed by atoms with Crippen LogP contribution < -0.4 is 0 Å². The molecule has 0 spiro atoms. The Morgan fingerprint density at radius 1 is 1.14 bits per heavy atom. The molecule has 2 heterocycles. The molecule has 0 bridgehead atoms. The third-order valence-corrected chi connectivity index (χ3v) is 4.50. The van der Waals surface area contributed by atoms with Gasteiger partial charge in [-0.15, -0.1) is 6.58 Å². The molecule has 148 valence electrons. The number of aliphatic hydroxyl groups is 1. The van der Waals surface area contributed by atoms with Crippen molar-refractivity contribution in [2.75, 3.05) is 19.7 Å². The predicted molar refractivity (Wildman–Crippen MR) is 110 cm³/mol. The molecule has 0 aliphatic carbocycles. The van der Waals surface area contributed by atoms with Gasteiger partial charge >= 0.3 is 0 Å². The Labute approximate surface area is 166 Å². The van der Waals surface area contributed by atoms with Crippen molar-refractivity contribution in [2.45, 2.75) is 25.8 Å². The van der Waals surface area contributed by atoms with Gasteiger partial charge in [0.15, 0.2) is 0 Å². The van der Waals surface area contributed by atoms with Crippen molar-refractivity contribution in [1.82, 2.24) is 9.47 Å². The molecule has 0 amide bonds. The molecule has 0 aliphatic rings. The van der Waals surface area contributed by atoms with Gasteiger partial charge in [-0.1, -0.05) is 36.4 Å². The largest absolute Gasteiger partial charge is 0.467 e. The number of furan rings is 1. The summed E-state index contributed by atoms with van der Waals surface area (Å²) in [5.74, 6) is 0.758. The second-order valence-corrected chi connectivity index (χ2v) is 6.84. The summed E-state index contributed by atoms with van der Waals surface area (Å²) < 4.78 is 13.0. The normalized spacial score (nSPS) is 12.4. The minimum atomic E-state index is -0.576. The summed E-state index contributed by atoms with van der Waals surface area (Å²) in [5, 5.41) is 10.4. The molecular weight excluding hydrogens is 352 g/mol. The Hall–Kier alpha value is -2.60. The Balaban J connectivity index is 1.52. The molecule has 0 radical (unpaired) electrons. The zero-order valence-electron chi connectivity index (χ0n) is 16.1. The van der Waals surface area contributed by atoms with Crippen LogP contribution in [0.1, 0.15) is 17.0 Å². The van der Waals surface area contributed by atoms with Gasteiger partial charge in [0.1, 0.15) is 12.4 Å². The quantitative estimate of drug-likeness (QED) is 0.487. The fourth-order valence-electron chi connectivity index (χ4n) is 3.18. The van der Waals surface area contributed by atoms with Crippen LogP contribution in [0.2, 0.25) is 0 Å². The maximum absolute atomic E-state index is 10.4. The van der Waals surface area contributed by atoms with E-state index in [9.17, 15) is 5.11 Å². The van der Waals surface area contributed by atoms with E-state index in [-0.39, 0.29) is 6.61 Å². The second kappa shape index (κ2) is 10.7. The van der Waals surface area contributed by atoms with Gasteiger partial charge in [-0.25, -0.2) is 0 Å². The molecular formula is C23H28N2O3. The van der Waals surface area contributed by atoms with Crippen molar-refractivity contribution in [3.05, 3.63) is 96.7 Å². The Morgan fingerprint density at radius 2 is 2.00 bits per heavy atom. The molecule has 1 N–H and O–H groups in total. The monoisotopic (exact) mass is 380 g/mol. The van der Waals surface area contributed by atoms with Crippen molar-refractivity contribution >= 4 is 0 Å². The smallest absolute Gasteiger partial charge is 0.129 e. The van der Waals surface area contributed by atoms with Crippen LogP contribution >= 0.6 is 0 Å². The van der Waals surface area contributed by atoms with E-state index in [1.807, 2.05) is 24.3 Å². The zero-order valence-corrected chi connectivity index (χ0v) is 16.1. The fourth-order valence-corrected chi connectivity index (χ4v) is 3.18. The zero-order chi connectivity index (χ0) is 19.6. The van der Waals surface area contributed by atoms with Crippen LogP contribution in [-0.2, 0) is 24.4 Å². The standard InChI is InChI=1S/C23H28N2O3/c1-2-12-24(17-22(26)18-27-19-23-11-7-14-28-23)16-21-10-6-13-25(21)15-20-8-4-3-5-9-20/h2-11,13-14,22,26H,1,12,15-19H2/t22-/m0/s1. The summed E-state index contributed by atoms with van der Waals surface area (Å²) >= 11 is 0. The minimum Gasteiger partial charge on any atom is -0.467 e. The molecule has 3 rings (SSSR count). The summed E-state index contributed by atoms with van der Waals surface area (Å²) in [5.41, 5.74) is 2.47. The van der Waals surface area contributed by atoms with E-state index in [0.717, 1.165) is 18.8 Å². The van der Waals surface area contributed by atoms with Crippen LogP contribution in [0.15, 0.2) is 84.1 Å². The van der Waals surface area contributed by atoms with E-state index in [4.69, 9.17) is 9.15 Å². The summed E-state index contributed by atoms with van der Waals surface area (Å²) in [6.07, 6.45) is 5.00. The van der Waals surface area contributed by atoms with E-state index in [1.165, 1.54) is 11.3 Å². The first kappa shape index (κ1) is 20.1. The number of benzene rings is 1. The lowest BCUT2D eigenvalue weighted by molar-refractivity contribution is 0.00532. The van der Waals surface area contributed by atoms with Gasteiger partial charge < -0.3 is 18.8 Å². The lowest BCUT2D eigenvalue weighted by Gasteiger charge is -2.24. The minimum absolute atomic E-state index is 0.263. The maximum Gasteiger partial charge on any atom is 0.129 e. The molecule has 3 aromatic rings. The molecule has 0 saturated carbocycles. The van der Waals surface area contributed by atoms with Gasteiger partial charge in [-0.3, -0.25) is 4.90 Å². The van der Waals surface area contributed by atoms with Crippen LogP contribution in [0.3, 0.4) is 0 Å². The number of aromatic nitrogens is 1. The third-order valence-electron chi connectivity index (χ3n) is 4.50. The highest BCUT2D eigenvalue weighted by atomic mass is 16.5. The number of nitrogens with zero attached hydrogens (tertiary/aromatic N) is 2. The third kappa shape index (κ3) is 6.23. The van der Waals surface area contributed by atoms with E-state index >= 15 is 0 Å². The fraction of sp³-hybridized carbons (Fsp3) is 0.304. The van der Waals surface area contributed by atoms with Gasteiger partial charge in [0.25, 0.3) is 0 Å². The van der Waals surface area contributed by atoms with Crippen LogP contribution in [0.5, 0.6) is 0 Å². The average Bonchev–Trinajstić information content (AvgIpc) is 3.35. The van der Waals surface area contributed by atoms with Crippen molar-refractivity contribution in [3.8, 4) is 0 Å². The number of aliphatic hydroxyl groups excluding tert-OH is 1. The summed E-state index contributed by atoms with van der Waals surface area (Å²) in [4.78, 5) is 2.17. The SMILES string of the molecule is C=CCN(Cc1cccn1Cc1ccccc1)C[C@H](O)COCc1ccco1. The Kier molecular flexibility index (Phi) is 7.67. The van der Waals surface area contributed by atoms with E-state index < -0.39 is 6.10 Å². The molecule has 1 atom stereocenters. The lowest BCUT2D eigenvalue weighted by atomic mass is 10.2. The maximum atomic E-state index is 10.4. The van der Waals surface area contributed by atoms with Crippen molar-refractivity contribution in [3.63, 3.8) is 0 Å². The van der Waals surface area contributed by atoms with Crippen LogP contribution in [0, 0.1) is 0 Å². The first-order valence-electron chi connectivity index (χ1n) is 9.54.